The molecule has 9 rings (SSSR count). The highest BCUT2D eigenvalue weighted by Gasteiger charge is 2.19. The lowest BCUT2D eigenvalue weighted by molar-refractivity contribution is 0.623. The summed E-state index contributed by atoms with van der Waals surface area (Å²) >= 11 is 0. The molecule has 7 aromatic carbocycles. The van der Waals surface area contributed by atoms with E-state index < -0.39 is 0 Å². The highest BCUT2D eigenvalue weighted by atomic mass is 16.3. The van der Waals surface area contributed by atoms with Crippen molar-refractivity contribution < 1.29 is 4.42 Å². The van der Waals surface area contributed by atoms with E-state index in [0.29, 0.717) is 5.89 Å². The average Bonchev–Trinajstić information content (AvgIpc) is 3.65. The quantitative estimate of drug-likeness (QED) is 0.173. The third-order valence-corrected chi connectivity index (χ3v) is 9.66. The lowest BCUT2D eigenvalue weighted by atomic mass is 9.94. The van der Waals surface area contributed by atoms with Crippen molar-refractivity contribution >= 4 is 38.8 Å². The van der Waals surface area contributed by atoms with Gasteiger partial charge in [0.2, 0.25) is 5.89 Å². The molecular weight excluding hydrogens is 609 g/mol. The number of benzene rings is 7. The summed E-state index contributed by atoms with van der Waals surface area (Å²) in [5, 5.41) is 2.24. The van der Waals surface area contributed by atoms with Crippen LogP contribution in [0.4, 0.5) is 11.4 Å². The lowest BCUT2D eigenvalue weighted by Gasteiger charge is -2.30. The molecule has 0 aliphatic heterocycles. The Hall–Kier alpha value is -6.45. The first-order valence-corrected chi connectivity index (χ1v) is 17.2. The summed E-state index contributed by atoms with van der Waals surface area (Å²) in [4.78, 5) is 7.21. The van der Waals surface area contributed by atoms with Gasteiger partial charge >= 0.3 is 0 Å². The molecule has 0 bridgehead atoms. The Bertz CT molecular complexity index is 2410. The van der Waals surface area contributed by atoms with Crippen LogP contribution < -0.4 is 4.90 Å². The third-order valence-electron chi connectivity index (χ3n) is 9.66. The maximum atomic E-state index is 6.30. The minimum atomic E-state index is 0.648. The van der Waals surface area contributed by atoms with E-state index in [4.69, 9.17) is 9.40 Å². The summed E-state index contributed by atoms with van der Waals surface area (Å²) < 4.78 is 6.30. The molecule has 0 fully saturated rings. The van der Waals surface area contributed by atoms with Gasteiger partial charge in [-0.2, -0.15) is 0 Å². The van der Waals surface area contributed by atoms with Crippen LogP contribution in [0, 0.1) is 0 Å². The fourth-order valence-corrected chi connectivity index (χ4v) is 7.01. The Kier molecular flexibility index (Phi) is 7.64. The van der Waals surface area contributed by atoms with Crippen molar-refractivity contribution in [3.8, 4) is 33.7 Å². The van der Waals surface area contributed by atoms with E-state index in [-0.39, 0.29) is 0 Å². The monoisotopic (exact) mass is 642 g/mol. The van der Waals surface area contributed by atoms with Gasteiger partial charge in [-0.25, -0.2) is 4.98 Å². The van der Waals surface area contributed by atoms with Crippen LogP contribution >= 0.6 is 0 Å². The molecule has 1 aliphatic carbocycles. The van der Waals surface area contributed by atoms with Gasteiger partial charge in [0.15, 0.2) is 5.58 Å². The molecule has 0 unspecified atom stereocenters. The molecule has 0 amide bonds. The van der Waals surface area contributed by atoms with Gasteiger partial charge in [0.1, 0.15) is 5.52 Å². The van der Waals surface area contributed by atoms with Gasteiger partial charge in [-0.1, -0.05) is 133 Å². The summed E-state index contributed by atoms with van der Waals surface area (Å²) in [6.45, 7) is 0. The molecule has 3 nitrogen and oxygen atoms in total. The molecule has 1 aliphatic rings. The Morgan fingerprint density at radius 1 is 0.440 bits per heavy atom. The second kappa shape index (κ2) is 12.9. The molecule has 0 spiro atoms. The molecule has 0 atom stereocenters. The van der Waals surface area contributed by atoms with E-state index >= 15 is 0 Å². The van der Waals surface area contributed by atoms with E-state index in [1.807, 2.05) is 18.2 Å². The van der Waals surface area contributed by atoms with Crippen LogP contribution in [0.25, 0.3) is 61.2 Å². The molecule has 50 heavy (non-hydrogen) atoms. The van der Waals surface area contributed by atoms with Crippen molar-refractivity contribution in [2.24, 2.45) is 0 Å². The fourth-order valence-electron chi connectivity index (χ4n) is 7.01. The predicted octanol–water partition coefficient (Wildman–Crippen LogP) is 12.9. The molecular formula is C47H34N2O. The number of hydrogen-bond acceptors (Lipinski definition) is 3. The van der Waals surface area contributed by atoms with Gasteiger partial charge < -0.3 is 9.32 Å². The highest BCUT2D eigenvalue weighted by molar-refractivity contribution is 6.03. The number of oxazole rings is 1. The van der Waals surface area contributed by atoms with Gasteiger partial charge in [-0.15, -0.1) is 0 Å². The van der Waals surface area contributed by atoms with Crippen molar-refractivity contribution in [1.29, 1.82) is 0 Å². The standard InChI is InChI=1S/C47H34N2O/c1-3-9-33(10-4-1)36-19-26-41(27-20-36)49(42-28-21-37(22-29-42)34-11-5-2-6-12-34)43-30-23-38(24-31-43)35-15-17-40(18-16-35)47-48-45-32-25-39-13-7-8-14-44(39)46(45)50-47/h1-23,25-30,32H,24,31H2. The van der Waals surface area contributed by atoms with Crippen LogP contribution in [-0.4, -0.2) is 4.98 Å². The number of allylic oxidation sites excluding steroid dienone is 4. The van der Waals surface area contributed by atoms with Crippen LogP contribution in [0.1, 0.15) is 18.4 Å². The number of fused-ring (bicyclic) bond motifs is 3. The number of nitrogens with zero attached hydrogens (tertiary/aromatic N) is 2. The van der Waals surface area contributed by atoms with Gasteiger partial charge in [-0.3, -0.25) is 0 Å². The van der Waals surface area contributed by atoms with Crippen molar-refractivity contribution in [2.45, 2.75) is 12.8 Å². The van der Waals surface area contributed by atoms with Crippen LogP contribution in [-0.2, 0) is 0 Å². The van der Waals surface area contributed by atoms with E-state index in [0.717, 1.165) is 51.7 Å². The lowest BCUT2D eigenvalue weighted by Crippen LogP contribution is -2.17. The number of rotatable bonds is 7. The van der Waals surface area contributed by atoms with Crippen molar-refractivity contribution in [3.63, 3.8) is 0 Å². The van der Waals surface area contributed by atoms with Crippen molar-refractivity contribution in [3.05, 3.63) is 193 Å². The summed E-state index contributed by atoms with van der Waals surface area (Å²) in [6.07, 6.45) is 6.44. The van der Waals surface area contributed by atoms with E-state index in [1.165, 1.54) is 39.1 Å². The number of aromatic nitrogens is 1. The van der Waals surface area contributed by atoms with E-state index in [9.17, 15) is 0 Å². The molecule has 8 aromatic rings. The number of hydrogen-bond donors (Lipinski definition) is 0. The molecule has 0 saturated heterocycles. The SMILES string of the molecule is C1=C(c2ccc(-c3nc4ccc5ccccc5c4o3)cc2)CCC(N(c2ccc(-c3ccccc3)cc2)c2ccc(-c3ccccc3)cc2)=C1. The second-order valence-corrected chi connectivity index (χ2v) is 12.7. The fraction of sp³-hybridized carbons (Fsp3) is 0.0426. The summed E-state index contributed by atoms with van der Waals surface area (Å²) in [7, 11) is 0. The predicted molar refractivity (Wildman–Crippen MR) is 208 cm³/mol. The Morgan fingerprint density at radius 3 is 1.58 bits per heavy atom. The maximum absolute atomic E-state index is 6.30. The van der Waals surface area contributed by atoms with Crippen LogP contribution in [0.15, 0.2) is 192 Å². The van der Waals surface area contributed by atoms with E-state index in [1.54, 1.807) is 0 Å². The Balaban J connectivity index is 1.02. The summed E-state index contributed by atoms with van der Waals surface area (Å²) in [5.41, 5.74) is 13.7. The van der Waals surface area contributed by atoms with Gasteiger partial charge in [-0.05, 0) is 100 Å². The zero-order valence-corrected chi connectivity index (χ0v) is 27.5. The summed E-state index contributed by atoms with van der Waals surface area (Å²) in [5.74, 6) is 0.648. The average molecular weight is 643 g/mol. The molecule has 1 aromatic heterocycles. The molecule has 0 saturated carbocycles. The Labute approximate surface area is 292 Å². The van der Waals surface area contributed by atoms with Crippen molar-refractivity contribution in [2.75, 3.05) is 4.90 Å². The largest absolute Gasteiger partial charge is 0.435 e. The molecule has 0 radical (unpaired) electrons. The molecule has 0 N–H and O–H groups in total. The maximum Gasteiger partial charge on any atom is 0.227 e. The topological polar surface area (TPSA) is 29.3 Å². The minimum absolute atomic E-state index is 0.648. The van der Waals surface area contributed by atoms with Crippen LogP contribution in [0.3, 0.4) is 0 Å². The smallest absolute Gasteiger partial charge is 0.227 e. The second-order valence-electron chi connectivity index (χ2n) is 12.7. The molecule has 3 heteroatoms. The first-order valence-electron chi connectivity index (χ1n) is 17.2. The van der Waals surface area contributed by atoms with Crippen LogP contribution in [0.5, 0.6) is 0 Å². The molecule has 238 valence electrons. The Morgan fingerprint density at radius 2 is 0.980 bits per heavy atom. The van der Waals surface area contributed by atoms with Gasteiger partial charge in [0.25, 0.3) is 0 Å². The summed E-state index contributed by atoms with van der Waals surface area (Å²) in [6, 6.07) is 60.0. The van der Waals surface area contributed by atoms with Crippen LogP contribution in [0.2, 0.25) is 0 Å². The number of anilines is 2. The highest BCUT2D eigenvalue weighted by Crippen LogP contribution is 2.38. The van der Waals surface area contributed by atoms with E-state index in [2.05, 4.69) is 169 Å². The first kappa shape index (κ1) is 29.7. The third kappa shape index (κ3) is 5.69. The minimum Gasteiger partial charge on any atom is -0.435 e. The van der Waals surface area contributed by atoms with Gasteiger partial charge in [0.05, 0.1) is 0 Å². The van der Waals surface area contributed by atoms with Crippen molar-refractivity contribution in [1.82, 2.24) is 4.98 Å². The first-order chi connectivity index (χ1) is 24.8. The van der Waals surface area contributed by atoms with Gasteiger partial charge in [0, 0.05) is 28.0 Å². The normalized spacial score (nSPS) is 12.9. The zero-order chi connectivity index (χ0) is 33.3. The zero-order valence-electron chi connectivity index (χ0n) is 27.5. The molecule has 1 heterocycles.